The minimum absolute atomic E-state index is 0.0105. The van der Waals surface area contributed by atoms with Gasteiger partial charge in [0.15, 0.2) is 0 Å². The Kier molecular flexibility index (Phi) is 36.0. The number of rotatable bonds is 22. The first-order valence-corrected chi connectivity index (χ1v) is 53.2. The molecule has 19 heterocycles. The van der Waals surface area contributed by atoms with Gasteiger partial charge in [-0.1, -0.05) is 141 Å². The summed E-state index contributed by atoms with van der Waals surface area (Å²) in [5.41, 5.74) is 14.2. The number of hydroxylamine groups is 10. The number of likely N-dealkylation sites (tertiary alicyclic amines) is 2. The van der Waals surface area contributed by atoms with Crippen molar-refractivity contribution in [2.45, 2.75) is 262 Å². The first-order valence-electron chi connectivity index (χ1n) is 51.8. The standard InChI is InChI=1S/C22H30N4O4.C21H27N5O3.C14H21N5O3.C14H16N2O4.C13H20N6O6S.C8H16N2O.C6H13N/c1-16-9-11-24(12-10-16)20(27)13-23-21(28)19-8-7-18-14-25(19)22(29)26(18)30-15-17-5-3-2-4-6-17;1-15-9-11-24(12-10-15)20-23-22-19(29-20)18-8-7-17-13-25(18)21(27)26(17)28-14-16-5-3-2-4-6-16;1-9-4-6-17(7-5-9)13-16-15-12(22-13)11-3-2-10-8-18(11)14(20)19(10)21;17-13(18)12-7-6-11-8-15(12)14(19)16(11)20-9-10-4-2-1-3-5-10;14-8-3-5-17(6-4-8)12-16-15-11(24-12)10-2-1-9-7-18(10)13(20)19(9)25-26(21,22)23;1-7-2-4-10(5-3-7)8(11)6-9;1-6-2-4-7-5-3-6/h2-6,16,18-19H,7-15H2,1H3,(H,23,28);2-6,15,17-18H,7-14H2,1H3;9-11,21H,2-8H2,1H3;1-5,11-12H,6-9H2,(H,17,18);8-10H,1-7,14H2,(H,21,22,23);7H,2-6,9H2,1H3;6-7H,2-5H2,1H3/t18-,19+;17-,18+;10-,11+;11-,12+;9-,10+;;/m11111../s1. The number of carbonyl (C=O) groups excluding carboxylic acids is 8. The molecule has 13 amide bonds. The van der Waals surface area contributed by atoms with Gasteiger partial charge in [-0.2, -0.15) is 28.7 Å². The number of anilines is 3. The van der Waals surface area contributed by atoms with E-state index >= 15 is 0 Å². The molecule has 16 fully saturated rings. The van der Waals surface area contributed by atoms with Crippen LogP contribution in [0.2, 0.25) is 0 Å². The van der Waals surface area contributed by atoms with Gasteiger partial charge < -0.3 is 89.5 Å². The predicted molar refractivity (Wildman–Crippen MR) is 523 cm³/mol. The van der Waals surface area contributed by atoms with Gasteiger partial charge in [0.25, 0.3) is 0 Å². The predicted octanol–water partition coefficient (Wildman–Crippen LogP) is 9.13. The fraction of sp³-hybridized carbons (Fsp3) is 0.663. The molecule has 0 radical (unpaired) electrons. The van der Waals surface area contributed by atoms with E-state index in [2.05, 4.69) is 89.9 Å². The molecule has 10 atom stereocenters. The fourth-order valence-electron chi connectivity index (χ4n) is 21.3. The van der Waals surface area contributed by atoms with Crippen LogP contribution < -0.4 is 36.8 Å². The lowest BCUT2D eigenvalue weighted by atomic mass is 9.99. The van der Waals surface area contributed by atoms with Crippen LogP contribution in [0.4, 0.5) is 42.0 Å². The van der Waals surface area contributed by atoms with E-state index in [-0.39, 0.29) is 104 Å². The monoisotopic (exact) mass is 2040 g/mol. The second-order valence-corrected chi connectivity index (χ2v) is 42.1. The van der Waals surface area contributed by atoms with E-state index in [1.807, 2.05) is 111 Å². The van der Waals surface area contributed by atoms with E-state index < -0.39 is 46.6 Å². The van der Waals surface area contributed by atoms with E-state index in [1.165, 1.54) is 50.9 Å². The average Bonchev–Trinajstić information content (AvgIpc) is 1.58. The van der Waals surface area contributed by atoms with E-state index in [0.29, 0.717) is 131 Å². The quantitative estimate of drug-likeness (QED) is 0.0246. The molecule has 3 aromatic carbocycles. The van der Waals surface area contributed by atoms with Crippen LogP contribution in [-0.2, 0) is 68.2 Å². The molecule has 47 heteroatoms. The zero-order chi connectivity index (χ0) is 102. The van der Waals surface area contributed by atoms with Crippen molar-refractivity contribution in [2.75, 3.05) is 139 Å². The highest BCUT2D eigenvalue weighted by molar-refractivity contribution is 7.80. The van der Waals surface area contributed by atoms with Gasteiger partial charge >= 0.3 is 64.6 Å². The van der Waals surface area contributed by atoms with E-state index in [4.69, 9.17) is 48.9 Å². The zero-order valence-electron chi connectivity index (χ0n) is 83.7. The number of benzene rings is 3. The number of fused-ring (bicyclic) bond motifs is 10. The Morgan fingerprint density at radius 1 is 0.407 bits per heavy atom. The number of urea groups is 5. The molecule has 10 bridgehead atoms. The van der Waals surface area contributed by atoms with Crippen LogP contribution in [0.5, 0.6) is 0 Å². The summed E-state index contributed by atoms with van der Waals surface area (Å²) >= 11 is 0. The zero-order valence-corrected chi connectivity index (χ0v) is 84.5. The van der Waals surface area contributed by atoms with E-state index in [1.54, 1.807) is 9.80 Å². The van der Waals surface area contributed by atoms with Crippen molar-refractivity contribution < 1.29 is 98.5 Å². The number of nitrogens with zero attached hydrogens (tertiary/aromatic N) is 21. The number of carboxylic acid groups (broad SMARTS) is 1. The summed E-state index contributed by atoms with van der Waals surface area (Å²) < 4.78 is 52.8. The Bertz CT molecular complexity index is 5380. The molecular weight excluding hydrogens is 1900 g/mol. The summed E-state index contributed by atoms with van der Waals surface area (Å²) in [7, 11) is -4.77. The summed E-state index contributed by atoms with van der Waals surface area (Å²) in [6.07, 6.45) is 19.8. The van der Waals surface area contributed by atoms with Crippen molar-refractivity contribution in [3.05, 3.63) is 125 Å². The van der Waals surface area contributed by atoms with Crippen LogP contribution in [0.15, 0.2) is 104 Å². The third-order valence-corrected chi connectivity index (χ3v) is 30.9. The Hall–Kier alpha value is -11.7. The van der Waals surface area contributed by atoms with Gasteiger partial charge in [0.05, 0.1) is 43.3 Å². The lowest BCUT2D eigenvalue weighted by molar-refractivity contribution is -0.143. The van der Waals surface area contributed by atoms with Crippen LogP contribution in [0.3, 0.4) is 0 Å². The number of nitrogens with two attached hydrogens (primary N) is 2. The Labute approximate surface area is 845 Å². The second-order valence-electron chi connectivity index (χ2n) is 41.1. The number of hydrogen-bond donors (Lipinski definition) is 7. The summed E-state index contributed by atoms with van der Waals surface area (Å²) in [5, 5.41) is 55.8. The minimum Gasteiger partial charge on any atom is -0.480 e. The molecule has 9 N–H and O–H groups in total. The largest absolute Gasteiger partial charge is 0.480 e. The number of nitrogens with one attached hydrogen (secondary N) is 2. The number of carbonyl (C=O) groups is 9. The van der Waals surface area contributed by atoms with Gasteiger partial charge in [-0.15, -0.1) is 19.6 Å². The SMILES string of the molecule is CC1CCN(C(=O)CN)CC1.CC1CCN(C(=O)CNC(=O)[C@@H]2CC[C@@H]3CN2C(=O)N3OCc2ccccc2)CC1.CC1CCN(c2nnc([C@@H]3CC[C@@H]4CN3C(=O)N4O)o2)CC1.CC1CCN(c2nnc([C@@H]3CC[C@@H]4CN3C(=O)N4OCc3ccccc3)o2)CC1.CC1CCNCC1.NC1CCN(c2nnc([C@@H]3CC[C@@H]4CN3C(=O)N4OS(=O)(=O)O)o2)CC1.O=C(O)[C@@H]1CC[C@@H]2CN1C(=O)N2OCc1ccccc1. The Morgan fingerprint density at radius 3 is 1.12 bits per heavy atom. The van der Waals surface area contributed by atoms with Crippen LogP contribution >= 0.6 is 0 Å². The summed E-state index contributed by atoms with van der Waals surface area (Å²) in [4.78, 5) is 145. The highest BCUT2D eigenvalue weighted by Gasteiger charge is 2.54. The molecule has 145 heavy (non-hydrogen) atoms. The molecule has 0 saturated carbocycles. The van der Waals surface area contributed by atoms with Crippen LogP contribution in [-0.4, -0.2) is 340 Å². The van der Waals surface area contributed by atoms with Crippen molar-refractivity contribution >= 4 is 82.3 Å². The van der Waals surface area contributed by atoms with Gasteiger partial charge in [0, 0.05) is 104 Å². The van der Waals surface area contributed by atoms with Crippen molar-refractivity contribution in [2.24, 2.45) is 41.1 Å². The molecule has 3 aromatic heterocycles. The minimum atomic E-state index is -4.77. The van der Waals surface area contributed by atoms with Crippen LogP contribution in [0.1, 0.15) is 228 Å². The molecule has 16 aliphatic rings. The molecule has 0 spiro atoms. The van der Waals surface area contributed by atoms with E-state index in [9.17, 15) is 56.8 Å². The van der Waals surface area contributed by atoms with Crippen molar-refractivity contribution in [1.29, 1.82) is 0 Å². The van der Waals surface area contributed by atoms with Crippen molar-refractivity contribution in [3.8, 4) is 0 Å². The lowest BCUT2D eigenvalue weighted by Crippen LogP contribution is -2.52. The van der Waals surface area contributed by atoms with Crippen LogP contribution in [0, 0.1) is 29.6 Å². The van der Waals surface area contributed by atoms with E-state index in [0.717, 1.165) is 201 Å². The molecule has 16 aliphatic heterocycles. The first-order chi connectivity index (χ1) is 70.0. The van der Waals surface area contributed by atoms with Gasteiger partial charge in [-0.25, -0.2) is 33.8 Å². The third-order valence-electron chi connectivity index (χ3n) is 30.6. The maximum atomic E-state index is 13.0. The molecule has 0 unspecified atom stereocenters. The number of aromatic nitrogens is 6. The normalized spacial score (nSPS) is 25.7. The van der Waals surface area contributed by atoms with Gasteiger partial charge in [0.1, 0.15) is 50.0 Å². The molecule has 792 valence electrons. The fourth-order valence-corrected chi connectivity index (χ4v) is 21.7. The van der Waals surface area contributed by atoms with Gasteiger partial charge in [-0.05, 0) is 201 Å². The highest BCUT2D eigenvalue weighted by atomic mass is 32.3. The van der Waals surface area contributed by atoms with Gasteiger partial charge in [0.2, 0.25) is 35.4 Å². The number of piperidine rings is 11. The maximum absolute atomic E-state index is 13.0. The molecular formula is C98H143N25O21S. The average molecular weight is 2040 g/mol. The first kappa shape index (κ1) is 106. The molecule has 22 rings (SSSR count). The van der Waals surface area contributed by atoms with Crippen molar-refractivity contribution in [1.82, 2.24) is 101 Å². The number of amides is 13. The highest BCUT2D eigenvalue weighted by Crippen LogP contribution is 2.44. The maximum Gasteiger partial charge on any atom is 0.418 e. The smallest absolute Gasteiger partial charge is 0.418 e. The molecule has 0 aliphatic carbocycles. The van der Waals surface area contributed by atoms with Crippen molar-refractivity contribution in [3.63, 3.8) is 0 Å². The van der Waals surface area contributed by atoms with Gasteiger partial charge in [-0.3, -0.25) is 38.7 Å². The third kappa shape index (κ3) is 26.8. The lowest BCUT2D eigenvalue weighted by Gasteiger charge is -2.31. The summed E-state index contributed by atoms with van der Waals surface area (Å²) in [6, 6.07) is 26.5. The molecule has 46 nitrogen and oxygen atoms in total. The number of carboxylic acids is 1. The number of aliphatic carboxylic acids is 1. The van der Waals surface area contributed by atoms with Crippen LogP contribution in [0.25, 0.3) is 0 Å². The molecule has 16 saturated heterocycles. The second kappa shape index (κ2) is 49.2. The Balaban J connectivity index is 0.000000125. The summed E-state index contributed by atoms with van der Waals surface area (Å²) in [5.74, 6) is 4.04. The summed E-state index contributed by atoms with van der Waals surface area (Å²) in [6.45, 7) is 25.8. The topological polar surface area (TPSA) is 527 Å². The molecule has 6 aromatic rings. The number of hydrogen-bond acceptors (Lipinski definition) is 31. The Morgan fingerprint density at radius 2 is 0.731 bits per heavy atom.